The average molecular weight is 306 g/mol. The molecule has 23 heavy (non-hydrogen) atoms. The molecule has 3 rings (SSSR count). The van der Waals surface area contributed by atoms with Crippen LogP contribution >= 0.6 is 0 Å². The Kier molecular flexibility index (Phi) is 3.93. The van der Waals surface area contributed by atoms with Crippen LogP contribution in [0.5, 0.6) is 17.2 Å². The van der Waals surface area contributed by atoms with Gasteiger partial charge in [0.2, 0.25) is 0 Å². The van der Waals surface area contributed by atoms with Gasteiger partial charge in [-0.15, -0.1) is 0 Å². The molecule has 0 heterocycles. The van der Waals surface area contributed by atoms with Crippen LogP contribution in [-0.4, -0.2) is 27.7 Å². The Morgan fingerprint density at radius 2 is 1.48 bits per heavy atom. The molecular formula is C18H14N2O3. The lowest BCUT2D eigenvalue weighted by molar-refractivity contribution is 0.403. The fourth-order valence-electron chi connectivity index (χ4n) is 2.26. The number of phenols is 3. The van der Waals surface area contributed by atoms with Crippen LogP contribution in [0.3, 0.4) is 0 Å². The van der Waals surface area contributed by atoms with Crippen LogP contribution in [0.2, 0.25) is 0 Å². The Bertz CT molecular complexity index is 917. The molecule has 0 saturated carbocycles. The number of hydrogen-bond donors (Lipinski definition) is 3. The summed E-state index contributed by atoms with van der Waals surface area (Å²) in [4.78, 5) is 0. The van der Waals surface area contributed by atoms with Crippen molar-refractivity contribution in [3.8, 4) is 17.2 Å². The first-order valence-corrected chi connectivity index (χ1v) is 6.95. The van der Waals surface area contributed by atoms with Crippen molar-refractivity contribution in [2.24, 2.45) is 10.2 Å². The summed E-state index contributed by atoms with van der Waals surface area (Å²) in [5.41, 5.74) is 0.921. The summed E-state index contributed by atoms with van der Waals surface area (Å²) in [6.45, 7) is 0. The van der Waals surface area contributed by atoms with Crippen molar-refractivity contribution in [2.75, 3.05) is 0 Å². The lowest BCUT2D eigenvalue weighted by atomic mass is 10.0. The zero-order valence-corrected chi connectivity index (χ0v) is 12.1. The number of nitrogens with zero attached hydrogens (tertiary/aromatic N) is 2. The monoisotopic (exact) mass is 306 g/mol. The van der Waals surface area contributed by atoms with Crippen LogP contribution in [0.1, 0.15) is 11.1 Å². The van der Waals surface area contributed by atoms with Crippen LogP contribution in [0.4, 0.5) is 0 Å². The van der Waals surface area contributed by atoms with Crippen LogP contribution in [-0.2, 0) is 0 Å². The third-order valence-corrected chi connectivity index (χ3v) is 3.44. The lowest BCUT2D eigenvalue weighted by Gasteiger charge is -2.03. The van der Waals surface area contributed by atoms with Gasteiger partial charge >= 0.3 is 0 Å². The smallest absolute Gasteiger partial charge is 0.166 e. The minimum atomic E-state index is -0.251. The molecule has 0 saturated heterocycles. The van der Waals surface area contributed by atoms with E-state index in [1.165, 1.54) is 18.5 Å². The van der Waals surface area contributed by atoms with Gasteiger partial charge in [0.15, 0.2) is 11.5 Å². The minimum absolute atomic E-state index is 0.114. The summed E-state index contributed by atoms with van der Waals surface area (Å²) in [5.74, 6) is -0.355. The molecule has 0 aliphatic rings. The highest BCUT2D eigenvalue weighted by Crippen LogP contribution is 2.27. The zero-order valence-electron chi connectivity index (χ0n) is 12.1. The molecule has 0 amide bonds. The number of aromatic hydroxyl groups is 3. The fourth-order valence-corrected chi connectivity index (χ4v) is 2.26. The number of fused-ring (bicyclic) bond motifs is 1. The molecule has 114 valence electrons. The van der Waals surface area contributed by atoms with Gasteiger partial charge in [0.1, 0.15) is 5.75 Å². The van der Waals surface area contributed by atoms with Gasteiger partial charge in [0.05, 0.1) is 12.4 Å². The van der Waals surface area contributed by atoms with Gasteiger partial charge in [-0.1, -0.05) is 36.4 Å². The van der Waals surface area contributed by atoms with Crippen molar-refractivity contribution in [1.82, 2.24) is 0 Å². The second-order valence-corrected chi connectivity index (χ2v) is 4.92. The predicted molar refractivity (Wildman–Crippen MR) is 90.6 cm³/mol. The van der Waals surface area contributed by atoms with Crippen molar-refractivity contribution in [1.29, 1.82) is 0 Å². The summed E-state index contributed by atoms with van der Waals surface area (Å²) in [6, 6.07) is 15.6. The Labute approximate surface area is 132 Å². The summed E-state index contributed by atoms with van der Waals surface area (Å²) in [5, 5.41) is 38.7. The fraction of sp³-hybridized carbons (Fsp3) is 0. The molecule has 3 N–H and O–H groups in total. The highest BCUT2D eigenvalue weighted by Gasteiger charge is 2.04. The normalized spacial score (nSPS) is 11.7. The maximum atomic E-state index is 9.99. The van der Waals surface area contributed by atoms with E-state index in [1.807, 2.05) is 30.3 Å². The van der Waals surface area contributed by atoms with Gasteiger partial charge in [0.25, 0.3) is 0 Å². The molecule has 0 bridgehead atoms. The maximum Gasteiger partial charge on any atom is 0.166 e. The first-order valence-electron chi connectivity index (χ1n) is 6.95. The molecule has 0 unspecified atom stereocenters. The Hall–Kier alpha value is -3.34. The van der Waals surface area contributed by atoms with E-state index in [1.54, 1.807) is 18.2 Å². The molecule has 0 atom stereocenters. The molecule has 0 spiro atoms. The Morgan fingerprint density at radius 3 is 2.35 bits per heavy atom. The highest BCUT2D eigenvalue weighted by atomic mass is 16.3. The Morgan fingerprint density at radius 1 is 0.696 bits per heavy atom. The molecule has 3 aromatic rings. The molecule has 5 heteroatoms. The summed E-state index contributed by atoms with van der Waals surface area (Å²) >= 11 is 0. The number of phenolic OH excluding ortho intramolecular Hbond substituents is 3. The van der Waals surface area contributed by atoms with Crippen molar-refractivity contribution >= 4 is 23.2 Å². The van der Waals surface area contributed by atoms with E-state index < -0.39 is 0 Å². The summed E-state index contributed by atoms with van der Waals surface area (Å²) < 4.78 is 0. The molecular weight excluding hydrogens is 292 g/mol. The third kappa shape index (κ3) is 2.98. The van der Waals surface area contributed by atoms with Crippen LogP contribution in [0.15, 0.2) is 64.8 Å². The second kappa shape index (κ2) is 6.19. The van der Waals surface area contributed by atoms with Crippen LogP contribution in [0, 0.1) is 0 Å². The van der Waals surface area contributed by atoms with Gasteiger partial charge in [0, 0.05) is 11.1 Å². The first kappa shape index (κ1) is 14.6. The number of benzene rings is 3. The zero-order chi connectivity index (χ0) is 16.2. The largest absolute Gasteiger partial charge is 0.507 e. The second-order valence-electron chi connectivity index (χ2n) is 4.92. The summed E-state index contributed by atoms with van der Waals surface area (Å²) in [7, 11) is 0. The van der Waals surface area contributed by atoms with E-state index in [9.17, 15) is 15.3 Å². The van der Waals surface area contributed by atoms with Gasteiger partial charge in [-0.05, 0) is 29.0 Å². The van der Waals surface area contributed by atoms with E-state index in [0.717, 1.165) is 10.8 Å². The topological polar surface area (TPSA) is 85.4 Å². The van der Waals surface area contributed by atoms with E-state index >= 15 is 0 Å². The minimum Gasteiger partial charge on any atom is -0.507 e. The van der Waals surface area contributed by atoms with Crippen molar-refractivity contribution < 1.29 is 15.3 Å². The van der Waals surface area contributed by atoms with Crippen molar-refractivity contribution in [3.05, 3.63) is 65.7 Å². The van der Waals surface area contributed by atoms with Gasteiger partial charge in [-0.3, -0.25) is 0 Å². The molecule has 0 aliphatic heterocycles. The van der Waals surface area contributed by atoms with Crippen LogP contribution < -0.4 is 0 Å². The maximum absolute atomic E-state index is 9.99. The van der Waals surface area contributed by atoms with E-state index in [2.05, 4.69) is 10.2 Å². The summed E-state index contributed by atoms with van der Waals surface area (Å²) in [6.07, 6.45) is 2.78. The molecule has 0 radical (unpaired) electrons. The molecule has 0 fully saturated rings. The van der Waals surface area contributed by atoms with Crippen molar-refractivity contribution in [3.63, 3.8) is 0 Å². The van der Waals surface area contributed by atoms with E-state index in [-0.39, 0.29) is 17.2 Å². The van der Waals surface area contributed by atoms with Crippen LogP contribution in [0.25, 0.3) is 10.8 Å². The molecule has 0 aromatic heterocycles. The van der Waals surface area contributed by atoms with Gasteiger partial charge in [-0.2, -0.15) is 10.2 Å². The Balaban J connectivity index is 1.90. The molecule has 0 aliphatic carbocycles. The van der Waals surface area contributed by atoms with Crippen molar-refractivity contribution in [2.45, 2.75) is 0 Å². The quantitative estimate of drug-likeness (QED) is 0.394. The molecule has 3 aromatic carbocycles. The standard InChI is InChI=1S/C18H14N2O3/c21-16-9-8-12-4-1-2-6-14(12)15(16)11-20-19-10-13-5-3-7-17(22)18(13)23/h1-11,21-23H/b19-10+,20-11+. The number of para-hydroxylation sites is 1. The lowest BCUT2D eigenvalue weighted by Crippen LogP contribution is -1.86. The van der Waals surface area contributed by atoms with E-state index in [4.69, 9.17) is 0 Å². The van der Waals surface area contributed by atoms with Gasteiger partial charge in [-0.25, -0.2) is 0 Å². The average Bonchev–Trinajstić information content (AvgIpc) is 2.57. The first-order chi connectivity index (χ1) is 11.2. The predicted octanol–water partition coefficient (Wildman–Crippen LogP) is 3.41. The van der Waals surface area contributed by atoms with Gasteiger partial charge < -0.3 is 15.3 Å². The SMILES string of the molecule is Oc1cccc(/C=N/N=C/c2c(O)ccc3ccccc23)c1O. The third-order valence-electron chi connectivity index (χ3n) is 3.44. The number of hydrogen-bond acceptors (Lipinski definition) is 5. The molecule has 5 nitrogen and oxygen atoms in total. The highest BCUT2D eigenvalue weighted by molar-refractivity contribution is 6.02. The number of rotatable bonds is 3. The van der Waals surface area contributed by atoms with E-state index in [0.29, 0.717) is 11.1 Å².